The molecular formula is C19H21FN2O3S. The van der Waals surface area contributed by atoms with Crippen molar-refractivity contribution in [2.75, 3.05) is 18.1 Å². The van der Waals surface area contributed by atoms with Crippen LogP contribution in [-0.2, 0) is 16.3 Å². The quantitative estimate of drug-likeness (QED) is 0.869. The number of sulfone groups is 1. The molecule has 0 radical (unpaired) electrons. The van der Waals surface area contributed by atoms with Gasteiger partial charge in [0.2, 0.25) is 0 Å². The van der Waals surface area contributed by atoms with Crippen molar-refractivity contribution >= 4 is 21.6 Å². The maximum atomic E-state index is 13.6. The summed E-state index contributed by atoms with van der Waals surface area (Å²) in [5.74, 6) is -0.324. The van der Waals surface area contributed by atoms with E-state index in [2.05, 4.69) is 5.32 Å². The number of benzene rings is 2. The van der Waals surface area contributed by atoms with Crippen LogP contribution >= 0.6 is 0 Å². The van der Waals surface area contributed by atoms with Crippen LogP contribution in [0.25, 0.3) is 0 Å². The third kappa shape index (κ3) is 3.58. The zero-order valence-corrected chi connectivity index (χ0v) is 15.7. The summed E-state index contributed by atoms with van der Waals surface area (Å²) >= 11 is 0. The molecule has 1 aliphatic rings. The molecule has 2 amide bonds. The van der Waals surface area contributed by atoms with Crippen LogP contribution in [-0.4, -0.2) is 32.1 Å². The first-order valence-corrected chi connectivity index (χ1v) is 10.2. The Labute approximate surface area is 152 Å². The van der Waals surface area contributed by atoms with Gasteiger partial charge in [0.05, 0.1) is 10.9 Å². The Morgan fingerprint density at radius 3 is 2.65 bits per heavy atom. The molecule has 0 aliphatic carbocycles. The van der Waals surface area contributed by atoms with E-state index in [0.29, 0.717) is 18.7 Å². The third-order valence-electron chi connectivity index (χ3n) is 4.79. The molecule has 0 bridgehead atoms. The molecule has 3 rings (SSSR count). The van der Waals surface area contributed by atoms with Gasteiger partial charge in [0.1, 0.15) is 5.82 Å². The highest BCUT2D eigenvalue weighted by molar-refractivity contribution is 7.90. The number of anilines is 1. The van der Waals surface area contributed by atoms with Crippen molar-refractivity contribution in [3.8, 4) is 0 Å². The second kappa shape index (κ2) is 6.72. The summed E-state index contributed by atoms with van der Waals surface area (Å²) in [7, 11) is -3.36. The lowest BCUT2D eigenvalue weighted by Gasteiger charge is -2.35. The lowest BCUT2D eigenvalue weighted by molar-refractivity contribution is 0.188. The molecule has 0 fully saturated rings. The number of fused-ring (bicyclic) bond motifs is 1. The number of carbonyl (C=O) groups is 1. The second-order valence-corrected chi connectivity index (χ2v) is 8.66. The van der Waals surface area contributed by atoms with Crippen molar-refractivity contribution in [1.82, 2.24) is 4.90 Å². The number of hydrogen-bond donors (Lipinski definition) is 1. The molecule has 1 N–H and O–H groups in total. The Morgan fingerprint density at radius 1 is 1.23 bits per heavy atom. The lowest BCUT2D eigenvalue weighted by atomic mass is 9.94. The zero-order valence-electron chi connectivity index (χ0n) is 14.9. The van der Waals surface area contributed by atoms with E-state index in [9.17, 15) is 17.6 Å². The van der Waals surface area contributed by atoms with Crippen LogP contribution in [0.15, 0.2) is 41.3 Å². The molecule has 0 unspecified atom stereocenters. The third-order valence-corrected chi connectivity index (χ3v) is 5.90. The first kappa shape index (κ1) is 18.4. The number of nitrogens with zero attached hydrogens (tertiary/aromatic N) is 1. The first-order valence-electron chi connectivity index (χ1n) is 8.33. The number of aryl methyl sites for hydroxylation is 1. The van der Waals surface area contributed by atoms with Crippen LogP contribution < -0.4 is 5.32 Å². The molecule has 138 valence electrons. The van der Waals surface area contributed by atoms with Crippen LogP contribution in [0.5, 0.6) is 0 Å². The Bertz CT molecular complexity index is 973. The number of carbonyl (C=O) groups excluding carboxylic acids is 1. The van der Waals surface area contributed by atoms with Crippen LogP contribution in [0.1, 0.15) is 29.7 Å². The van der Waals surface area contributed by atoms with E-state index >= 15 is 0 Å². The van der Waals surface area contributed by atoms with Gasteiger partial charge in [0, 0.05) is 18.5 Å². The molecule has 2 aromatic rings. The number of nitrogens with one attached hydrogen (secondary N) is 1. The fourth-order valence-electron chi connectivity index (χ4n) is 3.22. The molecule has 0 saturated heterocycles. The summed E-state index contributed by atoms with van der Waals surface area (Å²) in [6.45, 7) is 4.17. The van der Waals surface area contributed by atoms with E-state index in [-0.39, 0.29) is 22.8 Å². The average Bonchev–Trinajstić information content (AvgIpc) is 2.56. The minimum absolute atomic E-state index is 0.150. The summed E-state index contributed by atoms with van der Waals surface area (Å²) in [6.07, 6.45) is 1.77. The number of halogens is 1. The summed E-state index contributed by atoms with van der Waals surface area (Å²) in [6, 6.07) is 8.70. The molecule has 26 heavy (non-hydrogen) atoms. The maximum Gasteiger partial charge on any atom is 0.322 e. The molecule has 1 heterocycles. The SMILES string of the molecule is Cc1ccc(S(C)(=O)=O)cc1NC(=O)N1CCc2ccc(F)cc2[C@@H]1C. The highest BCUT2D eigenvalue weighted by Crippen LogP contribution is 2.31. The van der Waals surface area contributed by atoms with Crippen molar-refractivity contribution in [3.05, 3.63) is 58.9 Å². The standard InChI is InChI=1S/C19H21FN2O3S/c1-12-4-7-16(26(3,24)25)11-18(12)21-19(23)22-9-8-14-5-6-15(20)10-17(14)13(22)2/h4-7,10-11,13H,8-9H2,1-3H3,(H,21,23)/t13-/m0/s1. The Balaban J connectivity index is 1.85. The lowest BCUT2D eigenvalue weighted by Crippen LogP contribution is -2.41. The molecule has 0 saturated carbocycles. The predicted molar refractivity (Wildman–Crippen MR) is 98.5 cm³/mol. The molecule has 1 aliphatic heterocycles. The largest absolute Gasteiger partial charge is 0.322 e. The van der Waals surface area contributed by atoms with E-state index in [0.717, 1.165) is 22.9 Å². The van der Waals surface area contributed by atoms with Gasteiger partial charge >= 0.3 is 6.03 Å². The van der Waals surface area contributed by atoms with Gasteiger partial charge < -0.3 is 10.2 Å². The maximum absolute atomic E-state index is 13.6. The summed E-state index contributed by atoms with van der Waals surface area (Å²) < 4.78 is 37.1. The first-order chi connectivity index (χ1) is 12.2. The normalized spacial score (nSPS) is 16.9. The molecule has 0 spiro atoms. The van der Waals surface area contributed by atoms with E-state index in [4.69, 9.17) is 0 Å². The number of amides is 2. The fraction of sp³-hybridized carbons (Fsp3) is 0.316. The molecular weight excluding hydrogens is 355 g/mol. The van der Waals surface area contributed by atoms with Crippen LogP contribution in [0.3, 0.4) is 0 Å². The van der Waals surface area contributed by atoms with Crippen LogP contribution in [0, 0.1) is 12.7 Å². The predicted octanol–water partition coefficient (Wildman–Crippen LogP) is 3.69. The zero-order chi connectivity index (χ0) is 19.1. The highest BCUT2D eigenvalue weighted by Gasteiger charge is 2.28. The van der Waals surface area contributed by atoms with Crippen molar-refractivity contribution in [1.29, 1.82) is 0 Å². The van der Waals surface area contributed by atoms with Crippen molar-refractivity contribution < 1.29 is 17.6 Å². The van der Waals surface area contributed by atoms with E-state index < -0.39 is 9.84 Å². The summed E-state index contributed by atoms with van der Waals surface area (Å²) in [4.78, 5) is 14.5. The van der Waals surface area contributed by atoms with Crippen molar-refractivity contribution in [2.45, 2.75) is 31.2 Å². The number of hydrogen-bond acceptors (Lipinski definition) is 3. The molecule has 0 aromatic heterocycles. The molecule has 7 heteroatoms. The summed E-state index contributed by atoms with van der Waals surface area (Å²) in [5, 5.41) is 2.80. The fourth-order valence-corrected chi connectivity index (χ4v) is 3.86. The molecule has 1 atom stereocenters. The topological polar surface area (TPSA) is 66.5 Å². The second-order valence-electron chi connectivity index (χ2n) is 6.64. The van der Waals surface area contributed by atoms with Crippen molar-refractivity contribution in [3.63, 3.8) is 0 Å². The minimum atomic E-state index is -3.36. The van der Waals surface area contributed by atoms with Gasteiger partial charge in [-0.3, -0.25) is 0 Å². The van der Waals surface area contributed by atoms with Gasteiger partial charge in [-0.25, -0.2) is 17.6 Å². The van der Waals surface area contributed by atoms with Gasteiger partial charge in [-0.05, 0) is 61.2 Å². The van der Waals surface area contributed by atoms with E-state index in [1.165, 1.54) is 24.3 Å². The highest BCUT2D eigenvalue weighted by atomic mass is 32.2. The van der Waals surface area contributed by atoms with Gasteiger partial charge in [0.25, 0.3) is 0 Å². The van der Waals surface area contributed by atoms with Crippen molar-refractivity contribution in [2.24, 2.45) is 0 Å². The smallest absolute Gasteiger partial charge is 0.317 e. The van der Waals surface area contributed by atoms with Gasteiger partial charge in [-0.1, -0.05) is 12.1 Å². The summed E-state index contributed by atoms with van der Waals surface area (Å²) in [5.41, 5.74) is 3.06. The molecule has 2 aromatic carbocycles. The molecule has 5 nitrogen and oxygen atoms in total. The Hall–Kier alpha value is -2.41. The van der Waals surface area contributed by atoms with Gasteiger partial charge in [-0.15, -0.1) is 0 Å². The Kier molecular flexibility index (Phi) is 4.75. The Morgan fingerprint density at radius 2 is 1.96 bits per heavy atom. The van der Waals surface area contributed by atoms with Crippen LogP contribution in [0.2, 0.25) is 0 Å². The monoisotopic (exact) mass is 376 g/mol. The van der Waals surface area contributed by atoms with Gasteiger partial charge in [0.15, 0.2) is 9.84 Å². The van der Waals surface area contributed by atoms with E-state index in [1.807, 2.05) is 6.92 Å². The minimum Gasteiger partial charge on any atom is -0.317 e. The van der Waals surface area contributed by atoms with Crippen LogP contribution in [0.4, 0.5) is 14.9 Å². The van der Waals surface area contributed by atoms with Gasteiger partial charge in [-0.2, -0.15) is 0 Å². The van der Waals surface area contributed by atoms with E-state index in [1.54, 1.807) is 24.0 Å². The number of urea groups is 1. The average molecular weight is 376 g/mol. The number of rotatable bonds is 2.